The van der Waals surface area contributed by atoms with Gasteiger partial charge in [0.15, 0.2) is 5.82 Å². The molecule has 0 unspecified atom stereocenters. The third-order valence-corrected chi connectivity index (χ3v) is 6.41. The molecule has 0 radical (unpaired) electrons. The van der Waals surface area contributed by atoms with Crippen LogP contribution in [0.15, 0.2) is 46.3 Å². The highest BCUT2D eigenvalue weighted by Crippen LogP contribution is 2.45. The number of rotatable bonds is 2. The Morgan fingerprint density at radius 3 is 2.96 bits per heavy atom. The molecule has 2 aliphatic heterocycles. The number of thioether (sulfide) groups is 1. The van der Waals surface area contributed by atoms with Crippen molar-refractivity contribution in [1.82, 2.24) is 14.8 Å². The second-order valence-corrected chi connectivity index (χ2v) is 8.27. The van der Waals surface area contributed by atoms with Crippen molar-refractivity contribution in [3.05, 3.63) is 58.0 Å². The van der Waals surface area contributed by atoms with Gasteiger partial charge >= 0.3 is 0 Å². The standard InChI is InChI=1S/C20H20N4O2S/c1-12-22-19-17(20(25)23-24(19)15-6-9-26-10-7-15)18(27-12)14-4-5-16-13(11-14)3-2-8-21-16/h2-5,8,11,15,18H,6-7,9-10H2,1H3,(H,23,25)/t18-/m1/s1. The van der Waals surface area contributed by atoms with Gasteiger partial charge in [-0.25, -0.2) is 4.99 Å². The molecule has 138 valence electrons. The number of ether oxygens (including phenoxy) is 1. The Hall–Kier alpha value is -2.38. The van der Waals surface area contributed by atoms with Crippen molar-refractivity contribution < 1.29 is 4.74 Å². The number of hydrogen-bond acceptors (Lipinski definition) is 5. The van der Waals surface area contributed by atoms with Crippen molar-refractivity contribution >= 4 is 33.5 Å². The fourth-order valence-electron chi connectivity index (χ4n) is 3.91. The SMILES string of the molecule is CC1=Nc2c(c(=O)[nH]n2C2CCOCC2)[C@@H](c2ccc3ncccc3c2)S1. The van der Waals surface area contributed by atoms with Crippen LogP contribution in [-0.2, 0) is 4.74 Å². The maximum Gasteiger partial charge on any atom is 0.271 e. The first-order valence-electron chi connectivity index (χ1n) is 9.19. The second kappa shape index (κ2) is 6.65. The average molecular weight is 380 g/mol. The molecule has 7 heteroatoms. The van der Waals surface area contributed by atoms with E-state index in [1.165, 1.54) is 0 Å². The molecule has 0 amide bonds. The minimum Gasteiger partial charge on any atom is -0.381 e. The lowest BCUT2D eigenvalue weighted by molar-refractivity contribution is 0.0666. The van der Waals surface area contributed by atoms with E-state index in [0.717, 1.165) is 58.9 Å². The number of pyridine rings is 1. The topological polar surface area (TPSA) is 72.3 Å². The Labute approximate surface area is 160 Å². The van der Waals surface area contributed by atoms with Gasteiger partial charge in [0.25, 0.3) is 5.56 Å². The lowest BCUT2D eigenvalue weighted by atomic mass is 10.0. The monoisotopic (exact) mass is 380 g/mol. The van der Waals surface area contributed by atoms with Gasteiger partial charge in [0.1, 0.15) is 0 Å². The molecule has 0 saturated carbocycles. The van der Waals surface area contributed by atoms with Crippen LogP contribution in [0, 0.1) is 0 Å². The number of nitrogens with zero attached hydrogens (tertiary/aromatic N) is 3. The number of aromatic amines is 1. The van der Waals surface area contributed by atoms with E-state index in [0.29, 0.717) is 0 Å². The molecule has 2 aromatic heterocycles. The van der Waals surface area contributed by atoms with Gasteiger partial charge in [-0.2, -0.15) is 0 Å². The zero-order valence-corrected chi connectivity index (χ0v) is 15.8. The molecule has 3 aromatic rings. The summed E-state index contributed by atoms with van der Waals surface area (Å²) in [5.74, 6) is 0.777. The highest BCUT2D eigenvalue weighted by molar-refractivity contribution is 8.14. The lowest BCUT2D eigenvalue weighted by Crippen LogP contribution is -2.21. The van der Waals surface area contributed by atoms with E-state index in [-0.39, 0.29) is 16.9 Å². The molecular weight excluding hydrogens is 360 g/mol. The van der Waals surface area contributed by atoms with Crippen LogP contribution in [0.3, 0.4) is 0 Å². The zero-order valence-electron chi connectivity index (χ0n) is 15.0. The summed E-state index contributed by atoms with van der Waals surface area (Å²) in [4.78, 5) is 22.0. The van der Waals surface area contributed by atoms with Gasteiger partial charge in [-0.3, -0.25) is 19.6 Å². The van der Waals surface area contributed by atoms with Gasteiger partial charge < -0.3 is 4.74 Å². The fraction of sp³-hybridized carbons (Fsp3) is 0.350. The van der Waals surface area contributed by atoms with Gasteiger partial charge in [0, 0.05) is 24.8 Å². The normalized spacial score (nSPS) is 20.5. The number of aliphatic imine (C=N–C) groups is 1. The summed E-state index contributed by atoms with van der Waals surface area (Å²) < 4.78 is 7.44. The molecule has 0 aliphatic carbocycles. The average Bonchev–Trinajstić information content (AvgIpc) is 3.04. The Balaban J connectivity index is 1.63. The maximum absolute atomic E-state index is 12.9. The zero-order chi connectivity index (χ0) is 18.4. The first kappa shape index (κ1) is 16.8. The van der Waals surface area contributed by atoms with Crippen LogP contribution < -0.4 is 5.56 Å². The number of H-pyrrole nitrogens is 1. The van der Waals surface area contributed by atoms with Crippen molar-refractivity contribution in [2.45, 2.75) is 31.1 Å². The number of nitrogens with one attached hydrogen (secondary N) is 1. The molecule has 6 nitrogen and oxygen atoms in total. The van der Waals surface area contributed by atoms with Crippen molar-refractivity contribution in [1.29, 1.82) is 0 Å². The molecule has 1 N–H and O–H groups in total. The van der Waals surface area contributed by atoms with E-state index in [9.17, 15) is 4.79 Å². The first-order chi connectivity index (χ1) is 13.2. The van der Waals surface area contributed by atoms with Gasteiger partial charge in [-0.05, 0) is 43.5 Å². The van der Waals surface area contributed by atoms with E-state index in [4.69, 9.17) is 9.73 Å². The van der Waals surface area contributed by atoms with Crippen molar-refractivity contribution in [2.75, 3.05) is 13.2 Å². The maximum atomic E-state index is 12.9. The molecule has 4 heterocycles. The molecular formula is C20H20N4O2S. The minimum atomic E-state index is -0.0630. The van der Waals surface area contributed by atoms with E-state index in [2.05, 4.69) is 28.3 Å². The van der Waals surface area contributed by atoms with Crippen molar-refractivity contribution in [3.8, 4) is 0 Å². The Bertz CT molecular complexity index is 1090. The van der Waals surface area contributed by atoms with Gasteiger partial charge in [-0.1, -0.05) is 23.9 Å². The number of benzene rings is 1. The minimum absolute atomic E-state index is 0.0449. The molecule has 1 fully saturated rings. The smallest absolute Gasteiger partial charge is 0.271 e. The van der Waals surface area contributed by atoms with E-state index in [1.54, 1.807) is 18.0 Å². The number of aromatic nitrogens is 3. The molecule has 2 aliphatic rings. The van der Waals surface area contributed by atoms with Crippen LogP contribution in [0.2, 0.25) is 0 Å². The molecule has 1 atom stereocenters. The van der Waals surface area contributed by atoms with Crippen LogP contribution in [0.25, 0.3) is 10.9 Å². The van der Waals surface area contributed by atoms with E-state index >= 15 is 0 Å². The van der Waals surface area contributed by atoms with Crippen LogP contribution in [0.4, 0.5) is 5.82 Å². The molecule has 0 bridgehead atoms. The molecule has 5 rings (SSSR count). The fourth-order valence-corrected chi connectivity index (χ4v) is 5.00. The van der Waals surface area contributed by atoms with Crippen LogP contribution in [0.1, 0.15) is 42.2 Å². The van der Waals surface area contributed by atoms with E-state index < -0.39 is 0 Å². The highest BCUT2D eigenvalue weighted by Gasteiger charge is 2.32. The van der Waals surface area contributed by atoms with Crippen LogP contribution in [-0.4, -0.2) is 33.0 Å². The quantitative estimate of drug-likeness (QED) is 0.730. The summed E-state index contributed by atoms with van der Waals surface area (Å²) in [7, 11) is 0. The molecule has 1 saturated heterocycles. The summed E-state index contributed by atoms with van der Waals surface area (Å²) in [6, 6.07) is 10.5. The molecule has 27 heavy (non-hydrogen) atoms. The predicted molar refractivity (Wildman–Crippen MR) is 108 cm³/mol. The second-order valence-electron chi connectivity index (χ2n) is 6.98. The number of fused-ring (bicyclic) bond motifs is 2. The third kappa shape index (κ3) is 2.91. The van der Waals surface area contributed by atoms with Gasteiger partial charge in [-0.15, -0.1) is 0 Å². The largest absolute Gasteiger partial charge is 0.381 e. The summed E-state index contributed by atoms with van der Waals surface area (Å²) >= 11 is 1.64. The Morgan fingerprint density at radius 1 is 1.26 bits per heavy atom. The first-order valence-corrected chi connectivity index (χ1v) is 10.1. The van der Waals surface area contributed by atoms with Crippen LogP contribution in [0.5, 0.6) is 0 Å². The predicted octanol–water partition coefficient (Wildman–Crippen LogP) is 3.96. The summed E-state index contributed by atoms with van der Waals surface area (Å²) in [6.45, 7) is 3.45. The lowest BCUT2D eigenvalue weighted by Gasteiger charge is -2.26. The van der Waals surface area contributed by atoms with Gasteiger partial charge in [0.05, 0.1) is 27.4 Å². The summed E-state index contributed by atoms with van der Waals surface area (Å²) in [5.41, 5.74) is 2.77. The Kier molecular flexibility index (Phi) is 4.13. The summed E-state index contributed by atoms with van der Waals surface area (Å²) in [5, 5.41) is 5.04. The number of hydrogen-bond donors (Lipinski definition) is 1. The third-order valence-electron chi connectivity index (χ3n) is 5.24. The molecule has 0 spiro atoms. The Morgan fingerprint density at radius 2 is 2.11 bits per heavy atom. The molecule has 1 aromatic carbocycles. The van der Waals surface area contributed by atoms with Crippen LogP contribution >= 0.6 is 11.8 Å². The van der Waals surface area contributed by atoms with Crippen molar-refractivity contribution in [2.24, 2.45) is 4.99 Å². The van der Waals surface area contributed by atoms with Gasteiger partial charge in [0.2, 0.25) is 0 Å². The van der Waals surface area contributed by atoms with Crippen molar-refractivity contribution in [3.63, 3.8) is 0 Å². The summed E-state index contributed by atoms with van der Waals surface area (Å²) in [6.07, 6.45) is 3.58. The highest BCUT2D eigenvalue weighted by atomic mass is 32.2. The van der Waals surface area contributed by atoms with E-state index in [1.807, 2.05) is 23.7 Å².